The lowest BCUT2D eigenvalue weighted by atomic mass is 10.1. The lowest BCUT2D eigenvalue weighted by molar-refractivity contribution is 0.529. The summed E-state index contributed by atoms with van der Waals surface area (Å²) in [5, 5.41) is 3.67. The van der Waals surface area contributed by atoms with Crippen molar-refractivity contribution in [1.29, 1.82) is 0 Å². The normalized spacial score (nSPS) is 17.3. The molecule has 0 aliphatic heterocycles. The summed E-state index contributed by atoms with van der Waals surface area (Å²) >= 11 is 6.22. The number of imidazole rings is 1. The number of fused-ring (bicyclic) bond motifs is 2. The van der Waals surface area contributed by atoms with Crippen molar-refractivity contribution in [2.75, 3.05) is 5.32 Å². The smallest absolute Gasteiger partial charge is 0.226 e. The number of aromatic nitrogens is 4. The van der Waals surface area contributed by atoms with E-state index in [1.165, 1.54) is 49.7 Å². The third-order valence-corrected chi connectivity index (χ3v) is 5.64. The van der Waals surface area contributed by atoms with Crippen LogP contribution in [0.1, 0.15) is 49.3 Å². The number of hydrogen-bond acceptors (Lipinski definition) is 4. The highest BCUT2D eigenvalue weighted by Crippen LogP contribution is 2.34. The molecular weight excluding hydrogens is 334 g/mol. The summed E-state index contributed by atoms with van der Waals surface area (Å²) in [6.45, 7) is 0. The zero-order chi connectivity index (χ0) is 16.8. The van der Waals surface area contributed by atoms with Gasteiger partial charge in [0.05, 0.1) is 6.33 Å². The van der Waals surface area contributed by atoms with Crippen LogP contribution < -0.4 is 5.32 Å². The van der Waals surface area contributed by atoms with E-state index in [1.54, 1.807) is 0 Å². The van der Waals surface area contributed by atoms with Gasteiger partial charge in [0.1, 0.15) is 0 Å². The molecule has 5 rings (SSSR count). The largest absolute Gasteiger partial charge is 0.338 e. The molecule has 0 amide bonds. The molecule has 6 heteroatoms. The van der Waals surface area contributed by atoms with Gasteiger partial charge in [-0.1, -0.05) is 18.9 Å². The molecule has 0 saturated heterocycles. The lowest BCUT2D eigenvalue weighted by Gasteiger charge is -2.12. The molecular formula is C19H20ClN5. The second-order valence-corrected chi connectivity index (χ2v) is 7.40. The molecule has 0 spiro atoms. The van der Waals surface area contributed by atoms with E-state index >= 15 is 0 Å². The van der Waals surface area contributed by atoms with Gasteiger partial charge >= 0.3 is 0 Å². The molecule has 5 nitrogen and oxygen atoms in total. The van der Waals surface area contributed by atoms with Crippen LogP contribution in [0.25, 0.3) is 11.2 Å². The minimum absolute atomic E-state index is 0.260. The molecule has 1 aromatic carbocycles. The monoisotopic (exact) mass is 353 g/mol. The van der Waals surface area contributed by atoms with Crippen LogP contribution in [0, 0.1) is 0 Å². The fourth-order valence-corrected chi connectivity index (χ4v) is 4.38. The summed E-state index contributed by atoms with van der Waals surface area (Å²) in [5.41, 5.74) is 5.54. The number of benzene rings is 1. The van der Waals surface area contributed by atoms with Crippen LogP contribution in [-0.4, -0.2) is 19.5 Å². The van der Waals surface area contributed by atoms with Crippen molar-refractivity contribution >= 4 is 34.3 Å². The molecule has 3 aromatic rings. The van der Waals surface area contributed by atoms with Crippen LogP contribution in [0.5, 0.6) is 0 Å². The molecule has 1 N–H and O–H groups in total. The van der Waals surface area contributed by atoms with Crippen LogP contribution in [0.15, 0.2) is 24.5 Å². The lowest BCUT2D eigenvalue weighted by Crippen LogP contribution is -2.05. The molecule has 25 heavy (non-hydrogen) atoms. The highest BCUT2D eigenvalue weighted by atomic mass is 35.5. The van der Waals surface area contributed by atoms with Gasteiger partial charge in [-0.15, -0.1) is 0 Å². The first kappa shape index (κ1) is 15.1. The summed E-state index contributed by atoms with van der Waals surface area (Å²) in [5.74, 6) is 0.685. The molecule has 2 aliphatic carbocycles. The van der Waals surface area contributed by atoms with Crippen molar-refractivity contribution in [3.8, 4) is 0 Å². The number of nitrogens with zero attached hydrogens (tertiary/aromatic N) is 4. The quantitative estimate of drug-likeness (QED) is 0.685. The minimum atomic E-state index is 0.260. The first-order valence-electron chi connectivity index (χ1n) is 9.07. The molecule has 0 bridgehead atoms. The van der Waals surface area contributed by atoms with Gasteiger partial charge < -0.3 is 9.88 Å². The summed E-state index contributed by atoms with van der Waals surface area (Å²) in [4.78, 5) is 13.4. The maximum Gasteiger partial charge on any atom is 0.226 e. The topological polar surface area (TPSA) is 55.6 Å². The van der Waals surface area contributed by atoms with Crippen molar-refractivity contribution < 1.29 is 0 Å². The Morgan fingerprint density at radius 1 is 1.04 bits per heavy atom. The third-order valence-electron chi connectivity index (χ3n) is 5.47. The maximum absolute atomic E-state index is 6.22. The van der Waals surface area contributed by atoms with E-state index in [0.29, 0.717) is 11.9 Å². The average Bonchev–Trinajstić information content (AvgIpc) is 3.34. The first-order valence-corrected chi connectivity index (χ1v) is 9.44. The number of aryl methyl sites for hydroxylation is 2. The highest BCUT2D eigenvalue weighted by molar-refractivity contribution is 6.28. The predicted molar refractivity (Wildman–Crippen MR) is 99.6 cm³/mol. The van der Waals surface area contributed by atoms with Crippen LogP contribution in [-0.2, 0) is 12.8 Å². The number of anilines is 2. The number of halogens is 1. The second kappa shape index (κ2) is 5.99. The maximum atomic E-state index is 6.22. The highest BCUT2D eigenvalue weighted by Gasteiger charge is 2.22. The predicted octanol–water partition coefficient (Wildman–Crippen LogP) is 4.83. The third kappa shape index (κ3) is 2.67. The van der Waals surface area contributed by atoms with E-state index in [4.69, 9.17) is 11.6 Å². The van der Waals surface area contributed by atoms with Crippen LogP contribution in [0.2, 0.25) is 5.28 Å². The molecule has 1 fully saturated rings. The Kier molecular flexibility index (Phi) is 3.63. The molecule has 1 saturated carbocycles. The minimum Gasteiger partial charge on any atom is -0.338 e. The van der Waals surface area contributed by atoms with Crippen molar-refractivity contribution in [1.82, 2.24) is 19.5 Å². The van der Waals surface area contributed by atoms with Crippen LogP contribution in [0.4, 0.5) is 11.5 Å². The van der Waals surface area contributed by atoms with Gasteiger partial charge in [-0.05, 0) is 67.0 Å². The molecule has 0 radical (unpaired) electrons. The fourth-order valence-electron chi connectivity index (χ4n) is 4.21. The Morgan fingerprint density at radius 2 is 1.88 bits per heavy atom. The van der Waals surface area contributed by atoms with Crippen LogP contribution >= 0.6 is 11.6 Å². The molecule has 128 valence electrons. The molecule has 2 aromatic heterocycles. The summed E-state index contributed by atoms with van der Waals surface area (Å²) < 4.78 is 2.17. The van der Waals surface area contributed by atoms with Gasteiger partial charge in [-0.2, -0.15) is 9.97 Å². The van der Waals surface area contributed by atoms with Gasteiger partial charge in [0.2, 0.25) is 5.28 Å². The van der Waals surface area contributed by atoms with Crippen molar-refractivity contribution in [2.24, 2.45) is 0 Å². The average molecular weight is 354 g/mol. The van der Waals surface area contributed by atoms with Crippen molar-refractivity contribution in [3.05, 3.63) is 40.9 Å². The van der Waals surface area contributed by atoms with Gasteiger partial charge in [-0.25, -0.2) is 4.98 Å². The Labute approximate surface area is 151 Å². The van der Waals surface area contributed by atoms with E-state index in [9.17, 15) is 0 Å². The van der Waals surface area contributed by atoms with Gasteiger partial charge in [0, 0.05) is 11.7 Å². The zero-order valence-corrected chi connectivity index (χ0v) is 14.8. The molecule has 0 atom stereocenters. The Balaban J connectivity index is 1.54. The summed E-state index contributed by atoms with van der Waals surface area (Å²) in [6, 6.07) is 7.02. The van der Waals surface area contributed by atoms with E-state index in [-0.39, 0.29) is 5.28 Å². The van der Waals surface area contributed by atoms with Gasteiger partial charge in [0.25, 0.3) is 0 Å². The summed E-state index contributed by atoms with van der Waals surface area (Å²) in [7, 11) is 0. The van der Waals surface area contributed by atoms with Gasteiger partial charge in [0.15, 0.2) is 17.0 Å². The number of rotatable bonds is 3. The van der Waals surface area contributed by atoms with E-state index < -0.39 is 0 Å². The zero-order valence-electron chi connectivity index (χ0n) is 14.0. The van der Waals surface area contributed by atoms with Crippen molar-refractivity contribution in [2.45, 2.75) is 51.0 Å². The SMILES string of the molecule is Clc1nc(Nc2ccc3c(c2)CCC3)c2ncn(C3CCCC3)c2n1. The van der Waals surface area contributed by atoms with E-state index in [1.807, 2.05) is 6.33 Å². The Morgan fingerprint density at radius 3 is 2.76 bits per heavy atom. The van der Waals surface area contributed by atoms with E-state index in [0.717, 1.165) is 23.3 Å². The Bertz CT molecular complexity index is 942. The summed E-state index contributed by atoms with van der Waals surface area (Å²) in [6.07, 6.45) is 10.4. The molecule has 2 heterocycles. The van der Waals surface area contributed by atoms with E-state index in [2.05, 4.69) is 43.0 Å². The number of nitrogens with one attached hydrogen (secondary N) is 1. The first-order chi connectivity index (χ1) is 12.3. The number of hydrogen-bond donors (Lipinski definition) is 1. The van der Waals surface area contributed by atoms with Crippen molar-refractivity contribution in [3.63, 3.8) is 0 Å². The molecule has 0 unspecified atom stereocenters. The fraction of sp³-hybridized carbons (Fsp3) is 0.421. The standard InChI is InChI=1S/C19H20ClN5/c20-19-23-17(22-14-9-8-12-4-3-5-13(12)10-14)16-18(24-19)25(11-21-16)15-6-1-2-7-15/h8-11,15H,1-7H2,(H,22,23,24). The Hall–Kier alpha value is -2.14. The second-order valence-electron chi connectivity index (χ2n) is 7.07. The van der Waals surface area contributed by atoms with Crippen LogP contribution in [0.3, 0.4) is 0 Å². The van der Waals surface area contributed by atoms with Gasteiger partial charge in [-0.3, -0.25) is 0 Å². The molecule has 2 aliphatic rings.